The molecule has 1 fully saturated rings. The van der Waals surface area contributed by atoms with Gasteiger partial charge in [-0.25, -0.2) is 0 Å². The van der Waals surface area contributed by atoms with Crippen LogP contribution in [0.4, 0.5) is 5.69 Å². The van der Waals surface area contributed by atoms with E-state index < -0.39 is 0 Å². The molecule has 1 heterocycles. The van der Waals surface area contributed by atoms with Crippen LogP contribution in [0.1, 0.15) is 19.8 Å². The van der Waals surface area contributed by atoms with Crippen molar-refractivity contribution in [2.75, 3.05) is 18.0 Å². The summed E-state index contributed by atoms with van der Waals surface area (Å²) in [7, 11) is 0. The fraction of sp³-hybridized carbons (Fsp3) is 0.300. The van der Waals surface area contributed by atoms with Crippen molar-refractivity contribution in [1.29, 1.82) is 0 Å². The molecule has 1 aliphatic rings. The van der Waals surface area contributed by atoms with E-state index in [9.17, 15) is 9.59 Å². The second kappa shape index (κ2) is 7.30. The number of carbonyl (C=O) groups excluding carboxylic acids is 2. The monoisotopic (exact) mass is 322 g/mol. The quantitative estimate of drug-likeness (QED) is 0.678. The molecular weight excluding hydrogens is 300 g/mol. The Bertz CT molecular complexity index is 777. The predicted molar refractivity (Wildman–Crippen MR) is 96.8 cm³/mol. The minimum Gasteiger partial charge on any atom is -0.355 e. The van der Waals surface area contributed by atoms with Gasteiger partial charge in [-0.15, -0.1) is 0 Å². The van der Waals surface area contributed by atoms with Gasteiger partial charge in [0.05, 0.1) is 11.6 Å². The van der Waals surface area contributed by atoms with Crippen LogP contribution < -0.4 is 10.2 Å². The molecule has 0 spiro atoms. The molecule has 2 amide bonds. The van der Waals surface area contributed by atoms with E-state index in [1.807, 2.05) is 61.5 Å². The minimum absolute atomic E-state index is 0.0138. The van der Waals surface area contributed by atoms with Gasteiger partial charge in [0, 0.05) is 24.9 Å². The van der Waals surface area contributed by atoms with Crippen LogP contribution in [0.5, 0.6) is 0 Å². The van der Waals surface area contributed by atoms with Crippen LogP contribution in [-0.4, -0.2) is 24.9 Å². The number of amides is 2. The van der Waals surface area contributed by atoms with Crippen LogP contribution in [0, 0.1) is 5.92 Å². The number of carbonyl (C=O) groups is 2. The molecule has 0 aromatic heterocycles. The van der Waals surface area contributed by atoms with Gasteiger partial charge < -0.3 is 10.2 Å². The van der Waals surface area contributed by atoms with Crippen LogP contribution >= 0.6 is 0 Å². The van der Waals surface area contributed by atoms with Crippen molar-refractivity contribution in [3.63, 3.8) is 0 Å². The van der Waals surface area contributed by atoms with Crippen molar-refractivity contribution in [2.45, 2.75) is 19.8 Å². The third kappa shape index (κ3) is 3.32. The minimum atomic E-state index is -0.276. The molecule has 3 rings (SSSR count). The number of hydrogen-bond acceptors (Lipinski definition) is 2. The standard InChI is InChI=1S/C20H22N2O2/c1-2-3-6-12-21-20(24)16-13-19(23)22(14-16)18-11-7-9-15-8-4-5-10-17(15)18/h2-5,7-11,16H,6,12-14H2,1H3,(H,21,24)/b3-2+. The van der Waals surface area contributed by atoms with Crippen molar-refractivity contribution in [3.05, 3.63) is 54.6 Å². The lowest BCUT2D eigenvalue weighted by Crippen LogP contribution is -2.33. The Labute approximate surface area is 142 Å². The van der Waals surface area contributed by atoms with Gasteiger partial charge in [-0.1, -0.05) is 48.6 Å². The van der Waals surface area contributed by atoms with Crippen molar-refractivity contribution >= 4 is 28.3 Å². The topological polar surface area (TPSA) is 49.4 Å². The summed E-state index contributed by atoms with van der Waals surface area (Å²) in [5, 5.41) is 5.06. The third-order valence-corrected chi connectivity index (χ3v) is 4.40. The van der Waals surface area contributed by atoms with Crippen molar-refractivity contribution in [2.24, 2.45) is 5.92 Å². The van der Waals surface area contributed by atoms with E-state index in [1.165, 1.54) is 0 Å². The number of hydrogen-bond donors (Lipinski definition) is 1. The summed E-state index contributed by atoms with van der Waals surface area (Å²) in [4.78, 5) is 26.5. The molecule has 4 nitrogen and oxygen atoms in total. The highest BCUT2D eigenvalue weighted by Crippen LogP contribution is 2.31. The van der Waals surface area contributed by atoms with Gasteiger partial charge in [0.15, 0.2) is 0 Å². The van der Waals surface area contributed by atoms with Gasteiger partial charge in [-0.3, -0.25) is 9.59 Å². The average Bonchev–Trinajstić information content (AvgIpc) is 3.00. The zero-order valence-corrected chi connectivity index (χ0v) is 13.9. The van der Waals surface area contributed by atoms with Gasteiger partial charge in [-0.05, 0) is 24.8 Å². The summed E-state index contributed by atoms with van der Waals surface area (Å²) in [6.07, 6.45) is 5.07. The Morgan fingerprint density at radius 3 is 2.88 bits per heavy atom. The molecule has 2 aromatic rings. The zero-order chi connectivity index (χ0) is 16.9. The van der Waals surface area contributed by atoms with Gasteiger partial charge in [0.1, 0.15) is 0 Å². The number of benzene rings is 2. The first kappa shape index (κ1) is 16.2. The highest BCUT2D eigenvalue weighted by molar-refractivity contribution is 6.06. The molecule has 1 N–H and O–H groups in total. The largest absolute Gasteiger partial charge is 0.355 e. The van der Waals surface area contributed by atoms with Gasteiger partial charge in [-0.2, -0.15) is 0 Å². The Hall–Kier alpha value is -2.62. The zero-order valence-electron chi connectivity index (χ0n) is 13.9. The van der Waals surface area contributed by atoms with E-state index >= 15 is 0 Å². The van der Waals surface area contributed by atoms with E-state index in [0.717, 1.165) is 22.9 Å². The van der Waals surface area contributed by atoms with Crippen molar-refractivity contribution in [3.8, 4) is 0 Å². The Balaban J connectivity index is 1.74. The molecule has 0 aliphatic carbocycles. The third-order valence-electron chi connectivity index (χ3n) is 4.40. The fourth-order valence-electron chi connectivity index (χ4n) is 3.15. The molecule has 0 saturated carbocycles. The van der Waals surface area contributed by atoms with Gasteiger partial charge >= 0.3 is 0 Å². The SMILES string of the molecule is C/C=C/CCNC(=O)C1CC(=O)N(c2cccc3ccccc23)C1. The van der Waals surface area contributed by atoms with Crippen molar-refractivity contribution in [1.82, 2.24) is 5.32 Å². The second-order valence-electron chi connectivity index (χ2n) is 6.05. The lowest BCUT2D eigenvalue weighted by molar-refractivity contribution is -0.126. The maximum atomic E-state index is 12.4. The van der Waals surface area contributed by atoms with Crippen LogP contribution in [0.15, 0.2) is 54.6 Å². The normalized spacial score (nSPS) is 17.8. The summed E-state index contributed by atoms with van der Waals surface area (Å²) < 4.78 is 0. The Morgan fingerprint density at radius 1 is 1.25 bits per heavy atom. The summed E-state index contributed by atoms with van der Waals surface area (Å²) in [5.41, 5.74) is 0.891. The van der Waals surface area contributed by atoms with E-state index in [1.54, 1.807) is 4.90 Å². The van der Waals surface area contributed by atoms with E-state index in [0.29, 0.717) is 13.1 Å². The highest BCUT2D eigenvalue weighted by Gasteiger charge is 2.35. The summed E-state index contributed by atoms with van der Waals surface area (Å²) in [5.74, 6) is -0.294. The maximum Gasteiger partial charge on any atom is 0.227 e. The predicted octanol–water partition coefficient (Wildman–Crippen LogP) is 3.28. The first-order valence-corrected chi connectivity index (χ1v) is 8.37. The smallest absolute Gasteiger partial charge is 0.227 e. The molecule has 4 heteroatoms. The summed E-state index contributed by atoms with van der Waals surface area (Å²) >= 11 is 0. The second-order valence-corrected chi connectivity index (χ2v) is 6.05. The first-order chi connectivity index (χ1) is 11.7. The lowest BCUT2D eigenvalue weighted by atomic mass is 10.1. The van der Waals surface area contributed by atoms with E-state index in [4.69, 9.17) is 0 Å². The van der Waals surface area contributed by atoms with E-state index in [2.05, 4.69) is 5.32 Å². The molecule has 1 unspecified atom stereocenters. The fourth-order valence-corrected chi connectivity index (χ4v) is 3.15. The Kier molecular flexibility index (Phi) is 4.94. The number of nitrogens with zero attached hydrogens (tertiary/aromatic N) is 1. The number of allylic oxidation sites excluding steroid dienone is 1. The molecule has 1 atom stereocenters. The summed E-state index contributed by atoms with van der Waals surface area (Å²) in [6, 6.07) is 13.9. The van der Waals surface area contributed by atoms with Crippen LogP contribution in [0.25, 0.3) is 10.8 Å². The summed E-state index contributed by atoms with van der Waals surface area (Å²) in [6.45, 7) is 3.02. The van der Waals surface area contributed by atoms with Crippen LogP contribution in [-0.2, 0) is 9.59 Å². The molecule has 0 bridgehead atoms. The molecular formula is C20H22N2O2. The molecule has 124 valence electrons. The number of anilines is 1. The number of fused-ring (bicyclic) bond motifs is 1. The lowest BCUT2D eigenvalue weighted by Gasteiger charge is -2.19. The molecule has 0 radical (unpaired) electrons. The van der Waals surface area contributed by atoms with E-state index in [-0.39, 0.29) is 24.2 Å². The van der Waals surface area contributed by atoms with Gasteiger partial charge in [0.25, 0.3) is 0 Å². The van der Waals surface area contributed by atoms with Crippen molar-refractivity contribution < 1.29 is 9.59 Å². The molecule has 1 saturated heterocycles. The number of rotatable bonds is 5. The average molecular weight is 322 g/mol. The molecule has 2 aromatic carbocycles. The highest BCUT2D eigenvalue weighted by atomic mass is 16.2. The first-order valence-electron chi connectivity index (χ1n) is 8.37. The Morgan fingerprint density at radius 2 is 2.04 bits per heavy atom. The van der Waals surface area contributed by atoms with Gasteiger partial charge in [0.2, 0.25) is 11.8 Å². The number of nitrogens with one attached hydrogen (secondary N) is 1. The van der Waals surface area contributed by atoms with Crippen LogP contribution in [0.2, 0.25) is 0 Å². The van der Waals surface area contributed by atoms with Crippen LogP contribution in [0.3, 0.4) is 0 Å². The molecule has 1 aliphatic heterocycles. The maximum absolute atomic E-state index is 12.4. The molecule has 24 heavy (non-hydrogen) atoms.